The quantitative estimate of drug-likeness (QED) is 0.178. The third kappa shape index (κ3) is 4.29. The van der Waals surface area contributed by atoms with Crippen molar-refractivity contribution in [3.05, 3.63) is 194 Å². The Hall–Kier alpha value is -7.82. The standard InChI is InChI=1S/C54H34N4/c1-3-15-33(16-4-1)55-45-23-11-7-19-35(45)37-27-29-39-43-31-44-40-30-28-38(36-20-8-12-24-46(36)56-34-17-5-2-6-18-34)52-42-22-10-14-26-48(42)58(54(40)52)50(44)32-49(43)57-47-25-13-9-21-41(47)51(37)53(39)57/h1-32,55-56H. The number of nitrogens with zero attached hydrogens (tertiary/aromatic N) is 2. The molecule has 0 saturated heterocycles. The van der Waals surface area contributed by atoms with Gasteiger partial charge in [-0.15, -0.1) is 0 Å². The van der Waals surface area contributed by atoms with E-state index in [2.05, 4.69) is 214 Å². The van der Waals surface area contributed by atoms with Gasteiger partial charge in [0.2, 0.25) is 0 Å². The summed E-state index contributed by atoms with van der Waals surface area (Å²) in [5.41, 5.74) is 16.6. The van der Waals surface area contributed by atoms with Crippen LogP contribution in [-0.4, -0.2) is 8.80 Å². The molecule has 0 radical (unpaired) electrons. The third-order valence-corrected chi connectivity index (χ3v) is 12.3. The number of aromatic nitrogens is 2. The second kappa shape index (κ2) is 11.8. The molecule has 58 heavy (non-hydrogen) atoms. The number of rotatable bonds is 6. The largest absolute Gasteiger partial charge is 0.355 e. The van der Waals surface area contributed by atoms with E-state index >= 15 is 0 Å². The first-order valence-corrected chi connectivity index (χ1v) is 19.9. The van der Waals surface area contributed by atoms with Crippen molar-refractivity contribution >= 4 is 98.9 Å². The van der Waals surface area contributed by atoms with Gasteiger partial charge in [0, 0.05) is 77.0 Å². The van der Waals surface area contributed by atoms with Crippen LogP contribution in [0.5, 0.6) is 0 Å². The van der Waals surface area contributed by atoms with Gasteiger partial charge in [-0.1, -0.05) is 133 Å². The fourth-order valence-corrected chi connectivity index (χ4v) is 9.96. The summed E-state index contributed by atoms with van der Waals surface area (Å²) in [5.74, 6) is 0. The molecule has 0 saturated carbocycles. The Balaban J connectivity index is 1.09. The van der Waals surface area contributed by atoms with E-state index in [-0.39, 0.29) is 0 Å². The zero-order valence-electron chi connectivity index (χ0n) is 31.4. The summed E-state index contributed by atoms with van der Waals surface area (Å²) in [7, 11) is 0. The highest BCUT2D eigenvalue weighted by molar-refractivity contribution is 6.32. The van der Waals surface area contributed by atoms with Crippen LogP contribution < -0.4 is 10.6 Å². The maximum Gasteiger partial charge on any atom is 0.0626 e. The number of nitrogens with one attached hydrogen (secondary N) is 2. The molecule has 0 aliphatic heterocycles. The van der Waals surface area contributed by atoms with Crippen molar-refractivity contribution in [1.29, 1.82) is 0 Å². The van der Waals surface area contributed by atoms with Crippen molar-refractivity contribution in [1.82, 2.24) is 8.80 Å². The fraction of sp³-hybridized carbons (Fsp3) is 0. The molecule has 0 spiro atoms. The summed E-state index contributed by atoms with van der Waals surface area (Å²) in [6.45, 7) is 0. The van der Waals surface area contributed by atoms with Gasteiger partial charge < -0.3 is 19.4 Å². The summed E-state index contributed by atoms with van der Waals surface area (Å²) in [6, 6.07) is 70.4. The Morgan fingerprint density at radius 2 is 0.690 bits per heavy atom. The van der Waals surface area contributed by atoms with Crippen LogP contribution in [-0.2, 0) is 0 Å². The topological polar surface area (TPSA) is 32.9 Å². The van der Waals surface area contributed by atoms with Gasteiger partial charge in [-0.05, 0) is 71.8 Å². The first-order valence-electron chi connectivity index (χ1n) is 19.9. The maximum atomic E-state index is 3.71. The van der Waals surface area contributed by atoms with E-state index in [1.165, 1.54) is 98.4 Å². The lowest BCUT2D eigenvalue weighted by atomic mass is 9.95. The molecule has 0 aliphatic carbocycles. The molecule has 4 aromatic heterocycles. The number of hydrogen-bond donors (Lipinski definition) is 2. The molecule has 270 valence electrons. The number of para-hydroxylation sites is 6. The lowest BCUT2D eigenvalue weighted by Gasteiger charge is -2.14. The zero-order chi connectivity index (χ0) is 37.9. The van der Waals surface area contributed by atoms with Gasteiger partial charge in [0.1, 0.15) is 0 Å². The Labute approximate surface area is 333 Å². The molecular weight excluding hydrogens is 705 g/mol. The Morgan fingerprint density at radius 3 is 1.17 bits per heavy atom. The average Bonchev–Trinajstić information content (AvgIpc) is 4.00. The second-order valence-electron chi connectivity index (χ2n) is 15.4. The van der Waals surface area contributed by atoms with Crippen LogP contribution in [0, 0.1) is 0 Å². The van der Waals surface area contributed by atoms with Crippen molar-refractivity contribution in [2.45, 2.75) is 0 Å². The first kappa shape index (κ1) is 31.4. The Morgan fingerprint density at radius 1 is 0.276 bits per heavy atom. The van der Waals surface area contributed by atoms with E-state index in [0.717, 1.165) is 22.7 Å². The molecule has 0 amide bonds. The number of benzene rings is 9. The molecular formula is C54H34N4. The van der Waals surface area contributed by atoms with Crippen LogP contribution in [0.1, 0.15) is 0 Å². The smallest absolute Gasteiger partial charge is 0.0626 e. The monoisotopic (exact) mass is 738 g/mol. The van der Waals surface area contributed by atoms with Crippen molar-refractivity contribution in [3.8, 4) is 22.3 Å². The van der Waals surface area contributed by atoms with Crippen LogP contribution in [0.25, 0.3) is 98.4 Å². The van der Waals surface area contributed by atoms with Gasteiger partial charge in [-0.3, -0.25) is 0 Å². The van der Waals surface area contributed by atoms with Crippen LogP contribution in [0.2, 0.25) is 0 Å². The maximum absolute atomic E-state index is 3.71. The molecule has 4 heteroatoms. The predicted molar refractivity (Wildman–Crippen MR) is 246 cm³/mol. The van der Waals surface area contributed by atoms with Gasteiger partial charge in [-0.2, -0.15) is 0 Å². The minimum Gasteiger partial charge on any atom is -0.355 e. The van der Waals surface area contributed by atoms with Crippen LogP contribution in [0.15, 0.2) is 194 Å². The van der Waals surface area contributed by atoms with E-state index in [1.54, 1.807) is 0 Å². The molecule has 2 N–H and O–H groups in total. The summed E-state index contributed by atoms with van der Waals surface area (Å²) < 4.78 is 5.05. The highest BCUT2D eigenvalue weighted by Gasteiger charge is 2.25. The fourth-order valence-electron chi connectivity index (χ4n) is 9.96. The van der Waals surface area contributed by atoms with Crippen molar-refractivity contribution in [3.63, 3.8) is 0 Å². The predicted octanol–water partition coefficient (Wildman–Crippen LogP) is 14.8. The Kier molecular flexibility index (Phi) is 6.41. The van der Waals surface area contributed by atoms with Crippen molar-refractivity contribution in [2.75, 3.05) is 10.6 Å². The van der Waals surface area contributed by atoms with Gasteiger partial charge in [0.15, 0.2) is 0 Å². The molecule has 13 rings (SSSR count). The summed E-state index contributed by atoms with van der Waals surface area (Å²) in [4.78, 5) is 0. The van der Waals surface area contributed by atoms with Gasteiger partial charge in [-0.25, -0.2) is 0 Å². The van der Waals surface area contributed by atoms with Crippen molar-refractivity contribution < 1.29 is 0 Å². The molecule has 13 aromatic rings. The molecule has 0 atom stereocenters. The third-order valence-electron chi connectivity index (χ3n) is 12.3. The molecule has 4 nitrogen and oxygen atoms in total. The minimum absolute atomic E-state index is 1.07. The number of fused-ring (bicyclic) bond motifs is 12. The zero-order valence-corrected chi connectivity index (χ0v) is 31.4. The lowest BCUT2D eigenvalue weighted by molar-refractivity contribution is 1.35. The Bertz CT molecular complexity index is 3480. The summed E-state index contributed by atoms with van der Waals surface area (Å²) in [5, 5.41) is 17.6. The highest BCUT2D eigenvalue weighted by Crippen LogP contribution is 2.49. The lowest BCUT2D eigenvalue weighted by Crippen LogP contribution is -1.93. The molecule has 0 unspecified atom stereocenters. The van der Waals surface area contributed by atoms with E-state index < -0.39 is 0 Å². The minimum atomic E-state index is 1.07. The SMILES string of the molecule is c1ccc(Nc2ccccc2-c2ccc3c4cc5c6ccc(-c7ccccc7Nc7ccccc7)c7c8ccccc8n(c5cc4n4c5ccccc5c2c34)c67)cc1. The van der Waals surface area contributed by atoms with Gasteiger partial charge >= 0.3 is 0 Å². The van der Waals surface area contributed by atoms with Crippen LogP contribution in [0.3, 0.4) is 0 Å². The summed E-state index contributed by atoms with van der Waals surface area (Å²) >= 11 is 0. The molecule has 9 aromatic carbocycles. The average molecular weight is 739 g/mol. The number of anilines is 4. The first-order chi connectivity index (χ1) is 28.8. The van der Waals surface area contributed by atoms with Crippen LogP contribution >= 0.6 is 0 Å². The van der Waals surface area contributed by atoms with Gasteiger partial charge in [0.05, 0.1) is 33.1 Å². The van der Waals surface area contributed by atoms with Crippen LogP contribution in [0.4, 0.5) is 22.7 Å². The molecule has 0 fully saturated rings. The molecule has 4 heterocycles. The van der Waals surface area contributed by atoms with Gasteiger partial charge in [0.25, 0.3) is 0 Å². The van der Waals surface area contributed by atoms with Crippen molar-refractivity contribution in [2.24, 2.45) is 0 Å². The van der Waals surface area contributed by atoms with E-state index in [0.29, 0.717) is 0 Å². The normalized spacial score (nSPS) is 12.1. The summed E-state index contributed by atoms with van der Waals surface area (Å²) in [6.07, 6.45) is 0. The van der Waals surface area contributed by atoms with E-state index in [1.807, 2.05) is 0 Å². The molecule has 0 aliphatic rings. The highest BCUT2D eigenvalue weighted by atomic mass is 14.9. The second-order valence-corrected chi connectivity index (χ2v) is 15.4. The number of hydrogen-bond acceptors (Lipinski definition) is 2. The van der Waals surface area contributed by atoms with E-state index in [4.69, 9.17) is 0 Å². The van der Waals surface area contributed by atoms with E-state index in [9.17, 15) is 0 Å². The molecule has 0 bridgehead atoms.